The van der Waals surface area contributed by atoms with Crippen molar-refractivity contribution in [1.29, 1.82) is 0 Å². The quantitative estimate of drug-likeness (QED) is 0.0840. The van der Waals surface area contributed by atoms with Crippen molar-refractivity contribution in [2.24, 2.45) is 0 Å². The van der Waals surface area contributed by atoms with Gasteiger partial charge < -0.3 is 59.5 Å². The number of ether oxygens (including phenoxy) is 3. The Kier molecular flexibility index (Phi) is 8.33. The van der Waals surface area contributed by atoms with E-state index in [1.165, 1.54) is 48.5 Å². The van der Waals surface area contributed by atoms with Crippen molar-refractivity contribution in [3.63, 3.8) is 0 Å². The molecule has 0 amide bonds. The largest absolute Gasteiger partial charge is 0.508 e. The van der Waals surface area contributed by atoms with Gasteiger partial charge in [0.15, 0.2) is 17.3 Å². The van der Waals surface area contributed by atoms with Crippen molar-refractivity contribution in [2.45, 2.75) is 30.7 Å². The molecule has 0 aliphatic carbocycles. The zero-order valence-electron chi connectivity index (χ0n) is 22.5. The molecule has 1 aliphatic heterocycles. The number of aromatic hydroxyl groups is 5. The van der Waals surface area contributed by atoms with Gasteiger partial charge in [0.25, 0.3) is 0 Å². The summed E-state index contributed by atoms with van der Waals surface area (Å²) in [6, 6.07) is 11.2. The molecule has 14 heteroatoms. The Labute approximate surface area is 247 Å². The first-order chi connectivity index (χ1) is 20.9. The fourth-order valence-electron chi connectivity index (χ4n) is 4.47. The van der Waals surface area contributed by atoms with E-state index in [1.807, 2.05) is 0 Å². The molecule has 1 aromatic heterocycles. The van der Waals surface area contributed by atoms with Crippen LogP contribution in [-0.2, 0) is 14.3 Å². The van der Waals surface area contributed by atoms with Crippen molar-refractivity contribution in [1.82, 2.24) is 0 Å². The molecular weight excluding hydrogens is 584 g/mol. The summed E-state index contributed by atoms with van der Waals surface area (Å²) in [5, 5.41) is 80.2. The van der Waals surface area contributed by atoms with Gasteiger partial charge in [-0.15, -0.1) is 0 Å². The zero-order chi connectivity index (χ0) is 31.7. The molecule has 230 valence electrons. The second kappa shape index (κ2) is 12.1. The normalized spacial score (nSPS) is 21.8. The molecule has 0 bridgehead atoms. The fraction of sp³-hybridized carbons (Fsp3) is 0.200. The van der Waals surface area contributed by atoms with E-state index in [0.717, 1.165) is 18.2 Å². The Morgan fingerprint density at radius 1 is 0.818 bits per heavy atom. The van der Waals surface area contributed by atoms with Gasteiger partial charge in [-0.05, 0) is 48.0 Å². The molecule has 1 saturated heterocycles. The minimum absolute atomic E-state index is 0.105. The van der Waals surface area contributed by atoms with Crippen LogP contribution in [0.2, 0.25) is 0 Å². The first-order valence-corrected chi connectivity index (χ1v) is 13.0. The highest BCUT2D eigenvalue weighted by atomic mass is 16.7. The molecule has 4 aromatic rings. The van der Waals surface area contributed by atoms with Gasteiger partial charge in [0.2, 0.25) is 17.5 Å². The van der Waals surface area contributed by atoms with Gasteiger partial charge in [0, 0.05) is 23.8 Å². The van der Waals surface area contributed by atoms with E-state index in [0.29, 0.717) is 5.56 Å². The monoisotopic (exact) mass is 610 g/mol. The molecule has 5 rings (SSSR count). The van der Waals surface area contributed by atoms with E-state index in [2.05, 4.69) is 0 Å². The molecule has 3 aromatic carbocycles. The van der Waals surface area contributed by atoms with Crippen LogP contribution in [-0.4, -0.2) is 84.1 Å². The molecule has 5 atom stereocenters. The van der Waals surface area contributed by atoms with E-state index in [9.17, 15) is 50.4 Å². The molecule has 0 radical (unpaired) electrons. The Hall–Kier alpha value is -5.28. The molecule has 2 heterocycles. The van der Waals surface area contributed by atoms with Crippen LogP contribution >= 0.6 is 0 Å². The number of esters is 1. The summed E-state index contributed by atoms with van der Waals surface area (Å²) in [6.07, 6.45) is -6.57. The lowest BCUT2D eigenvalue weighted by atomic mass is 9.99. The van der Waals surface area contributed by atoms with Crippen LogP contribution in [0.25, 0.3) is 28.4 Å². The Morgan fingerprint density at radius 2 is 1.55 bits per heavy atom. The zero-order valence-corrected chi connectivity index (χ0v) is 22.5. The summed E-state index contributed by atoms with van der Waals surface area (Å²) in [6.45, 7) is -0.633. The van der Waals surface area contributed by atoms with Gasteiger partial charge in [-0.25, -0.2) is 4.79 Å². The van der Waals surface area contributed by atoms with E-state index in [-0.39, 0.29) is 33.8 Å². The molecule has 44 heavy (non-hydrogen) atoms. The lowest BCUT2D eigenvalue weighted by molar-refractivity contribution is -0.278. The number of carbonyl (C=O) groups excluding carboxylic acids is 1. The van der Waals surface area contributed by atoms with Crippen molar-refractivity contribution in [2.75, 3.05) is 6.61 Å². The number of phenolic OH excluding ortho intramolecular Hbond substituents is 5. The average Bonchev–Trinajstić information content (AvgIpc) is 2.98. The van der Waals surface area contributed by atoms with Gasteiger partial charge in [0.05, 0.1) is 0 Å². The molecule has 1 fully saturated rings. The Morgan fingerprint density at radius 3 is 2.25 bits per heavy atom. The molecule has 14 nitrogen and oxygen atoms in total. The predicted octanol–water partition coefficient (Wildman–Crippen LogP) is 1.43. The molecule has 5 unspecified atom stereocenters. The lowest BCUT2D eigenvalue weighted by Crippen LogP contribution is -2.60. The highest BCUT2D eigenvalue weighted by Gasteiger charge is 2.46. The summed E-state index contributed by atoms with van der Waals surface area (Å²) >= 11 is 0. The molecule has 0 spiro atoms. The van der Waals surface area contributed by atoms with Crippen molar-refractivity contribution < 1.29 is 64.3 Å². The van der Waals surface area contributed by atoms with Crippen LogP contribution < -0.4 is 10.2 Å². The third kappa shape index (κ3) is 6.09. The van der Waals surface area contributed by atoms with E-state index in [1.54, 1.807) is 0 Å². The number of carbonyl (C=O) groups is 1. The predicted molar refractivity (Wildman–Crippen MR) is 150 cm³/mol. The van der Waals surface area contributed by atoms with Gasteiger partial charge in [-0.1, -0.05) is 6.07 Å². The van der Waals surface area contributed by atoms with Crippen LogP contribution in [0, 0.1) is 0 Å². The Balaban J connectivity index is 1.41. The first kappa shape index (κ1) is 30.2. The second-order valence-electron chi connectivity index (χ2n) is 9.82. The number of aliphatic hydroxyl groups is 3. The summed E-state index contributed by atoms with van der Waals surface area (Å²) in [5.74, 6) is -3.65. The summed E-state index contributed by atoms with van der Waals surface area (Å²) < 4.78 is 22.2. The standard InChI is InChI=1S/C30H26O14/c31-15-5-3-14(4-6-15)28-29(25(38)23-19(35)10-16(32)11-20(23)42-28)44-30-27(40)26(39)24(37)21(43-30)12-41-22(36)8-2-13-1-7-17(33)18(34)9-13/h1-11,21,24,26-27,30-35,37,39-40H,12H2/b8-2+. The van der Waals surface area contributed by atoms with E-state index < -0.39 is 71.7 Å². The number of hydrogen-bond acceptors (Lipinski definition) is 14. The topological polar surface area (TPSA) is 237 Å². The SMILES string of the molecule is O=C(/C=C/c1ccc(O)c(O)c1)OCC1OC(Oc2c(-c3ccc(O)cc3)oc3cc(O)cc(O)c3c2=O)C(O)C(O)C1O. The van der Waals surface area contributed by atoms with Crippen LogP contribution in [0.4, 0.5) is 0 Å². The number of rotatable bonds is 7. The molecular formula is C30H26O14. The summed E-state index contributed by atoms with van der Waals surface area (Å²) in [4.78, 5) is 25.8. The molecule has 1 aliphatic rings. The van der Waals surface area contributed by atoms with Gasteiger partial charge in [-0.2, -0.15) is 0 Å². The summed E-state index contributed by atoms with van der Waals surface area (Å²) in [7, 11) is 0. The highest BCUT2D eigenvalue weighted by molar-refractivity contribution is 5.88. The number of hydrogen-bond donors (Lipinski definition) is 8. The van der Waals surface area contributed by atoms with E-state index >= 15 is 0 Å². The minimum atomic E-state index is -1.92. The maximum atomic E-state index is 13.5. The van der Waals surface area contributed by atoms with Crippen molar-refractivity contribution >= 4 is 23.0 Å². The maximum absolute atomic E-state index is 13.5. The van der Waals surface area contributed by atoms with E-state index in [4.69, 9.17) is 18.6 Å². The van der Waals surface area contributed by atoms with Gasteiger partial charge in [0.1, 0.15) is 59.2 Å². The van der Waals surface area contributed by atoms with Gasteiger partial charge in [-0.3, -0.25) is 4.79 Å². The smallest absolute Gasteiger partial charge is 0.330 e. The number of fused-ring (bicyclic) bond motifs is 1. The minimum Gasteiger partial charge on any atom is -0.508 e. The first-order valence-electron chi connectivity index (χ1n) is 13.0. The molecule has 0 saturated carbocycles. The fourth-order valence-corrected chi connectivity index (χ4v) is 4.47. The van der Waals surface area contributed by atoms with Crippen LogP contribution in [0.3, 0.4) is 0 Å². The lowest BCUT2D eigenvalue weighted by Gasteiger charge is -2.39. The van der Waals surface area contributed by atoms with Crippen molar-refractivity contribution in [3.8, 4) is 45.8 Å². The third-order valence-electron chi connectivity index (χ3n) is 6.75. The number of benzene rings is 3. The van der Waals surface area contributed by atoms with Crippen molar-refractivity contribution in [3.05, 3.63) is 76.5 Å². The highest BCUT2D eigenvalue weighted by Crippen LogP contribution is 2.37. The third-order valence-corrected chi connectivity index (χ3v) is 6.75. The van der Waals surface area contributed by atoms with Crippen LogP contribution in [0.15, 0.2) is 69.9 Å². The van der Waals surface area contributed by atoms with Gasteiger partial charge >= 0.3 is 5.97 Å². The number of aliphatic hydroxyl groups excluding tert-OH is 3. The average molecular weight is 611 g/mol. The Bertz CT molecular complexity index is 1780. The van der Waals surface area contributed by atoms with Crippen LogP contribution in [0.1, 0.15) is 5.56 Å². The summed E-state index contributed by atoms with van der Waals surface area (Å²) in [5.41, 5.74) is -0.608. The second-order valence-corrected chi connectivity index (χ2v) is 9.82. The molecule has 8 N–H and O–H groups in total. The van der Waals surface area contributed by atoms with Crippen LogP contribution in [0.5, 0.6) is 34.5 Å². The maximum Gasteiger partial charge on any atom is 0.330 e. The number of phenols is 5.